The quantitative estimate of drug-likeness (QED) is 0.516. The van der Waals surface area contributed by atoms with E-state index >= 15 is 0 Å². The van der Waals surface area contributed by atoms with Gasteiger partial charge in [0, 0.05) is 25.4 Å². The van der Waals surface area contributed by atoms with Crippen LogP contribution in [0.3, 0.4) is 0 Å². The predicted octanol–water partition coefficient (Wildman–Crippen LogP) is 4.06. The third kappa shape index (κ3) is 8.32. The van der Waals surface area contributed by atoms with Gasteiger partial charge in [0.2, 0.25) is 5.91 Å². The van der Waals surface area contributed by atoms with Gasteiger partial charge in [-0.2, -0.15) is 0 Å². The molecule has 2 saturated carbocycles. The van der Waals surface area contributed by atoms with Crippen molar-refractivity contribution in [1.82, 2.24) is 10.6 Å². The van der Waals surface area contributed by atoms with Gasteiger partial charge >= 0.3 is 0 Å². The molecule has 28 heavy (non-hydrogen) atoms. The van der Waals surface area contributed by atoms with Gasteiger partial charge in [-0.15, -0.1) is 0 Å². The van der Waals surface area contributed by atoms with E-state index in [-0.39, 0.29) is 23.8 Å². The lowest BCUT2D eigenvalue weighted by atomic mass is 9.81. The Bertz CT molecular complexity index is 495. The fraction of sp³-hybridized carbons (Fsp3) is 0.955. The molecule has 0 radical (unpaired) electrons. The van der Waals surface area contributed by atoms with Crippen LogP contribution in [0.15, 0.2) is 0 Å². The van der Waals surface area contributed by atoms with Crippen LogP contribution >= 0.6 is 0 Å². The summed E-state index contributed by atoms with van der Waals surface area (Å²) < 4.78 is 27.4. The summed E-state index contributed by atoms with van der Waals surface area (Å²) in [7, 11) is 0. The minimum Gasteiger partial charge on any atom is -0.390 e. The first-order valence-corrected chi connectivity index (χ1v) is 11.0. The van der Waals surface area contributed by atoms with Crippen LogP contribution < -0.4 is 10.6 Å². The topological polar surface area (TPSA) is 61.4 Å². The molecule has 6 heteroatoms. The van der Waals surface area contributed by atoms with Gasteiger partial charge in [0.05, 0.1) is 12.1 Å². The molecule has 3 N–H and O–H groups in total. The molecule has 0 heterocycles. The Morgan fingerprint density at radius 2 is 1.79 bits per heavy atom. The average molecular weight is 403 g/mol. The van der Waals surface area contributed by atoms with Crippen molar-refractivity contribution in [2.75, 3.05) is 6.54 Å². The van der Waals surface area contributed by atoms with Crippen molar-refractivity contribution in [2.45, 2.75) is 116 Å². The zero-order valence-electron chi connectivity index (χ0n) is 18.1. The Labute approximate surface area is 169 Å². The second kappa shape index (κ2) is 9.84. The van der Waals surface area contributed by atoms with Crippen LogP contribution in [0, 0.1) is 11.3 Å². The van der Waals surface area contributed by atoms with E-state index in [4.69, 9.17) is 0 Å². The van der Waals surface area contributed by atoms with E-state index in [0.717, 1.165) is 25.7 Å². The van der Waals surface area contributed by atoms with E-state index in [1.165, 1.54) is 13.3 Å². The summed E-state index contributed by atoms with van der Waals surface area (Å²) in [5.41, 5.74) is 0.445. The Morgan fingerprint density at radius 1 is 1.18 bits per heavy atom. The summed E-state index contributed by atoms with van der Waals surface area (Å²) in [6.45, 7) is 8.55. The van der Waals surface area contributed by atoms with Crippen molar-refractivity contribution in [3.8, 4) is 0 Å². The molecule has 0 aromatic heterocycles. The van der Waals surface area contributed by atoms with Crippen molar-refractivity contribution in [3.63, 3.8) is 0 Å². The van der Waals surface area contributed by atoms with E-state index in [1.54, 1.807) is 0 Å². The average Bonchev–Trinajstić information content (AvgIpc) is 3.29. The lowest BCUT2D eigenvalue weighted by Crippen LogP contribution is -2.50. The second-order valence-corrected chi connectivity index (χ2v) is 10.5. The standard InChI is InChI=1S/C22H40F2N2O2/c1-15(27)26-19(12-16-10-17(23)13-18(24)11-16)20(28)14-25-22(8-9-22)7-5-6-21(2,3)4/h16-20,25,28H,5-14H2,1-4H3,(H,26,27). The van der Waals surface area contributed by atoms with Crippen molar-refractivity contribution < 1.29 is 18.7 Å². The Balaban J connectivity index is 1.83. The van der Waals surface area contributed by atoms with Gasteiger partial charge in [-0.1, -0.05) is 27.2 Å². The van der Waals surface area contributed by atoms with E-state index in [9.17, 15) is 18.7 Å². The van der Waals surface area contributed by atoms with Gasteiger partial charge in [-0.05, 0) is 56.3 Å². The van der Waals surface area contributed by atoms with Crippen LogP contribution in [0.1, 0.15) is 85.5 Å². The Kier molecular flexibility index (Phi) is 8.26. The van der Waals surface area contributed by atoms with Crippen LogP contribution in [0.5, 0.6) is 0 Å². The van der Waals surface area contributed by atoms with Crippen LogP contribution in [-0.2, 0) is 4.79 Å². The molecular weight excluding hydrogens is 362 g/mol. The largest absolute Gasteiger partial charge is 0.390 e. The number of carbonyl (C=O) groups is 1. The first-order chi connectivity index (χ1) is 13.0. The van der Waals surface area contributed by atoms with Crippen LogP contribution in [0.2, 0.25) is 0 Å². The maximum Gasteiger partial charge on any atom is 0.217 e. The van der Waals surface area contributed by atoms with Crippen LogP contribution in [-0.4, -0.2) is 47.6 Å². The molecule has 0 saturated heterocycles. The molecular formula is C22H40F2N2O2. The molecule has 2 fully saturated rings. The van der Waals surface area contributed by atoms with E-state index in [0.29, 0.717) is 31.2 Å². The Morgan fingerprint density at radius 3 is 2.29 bits per heavy atom. The number of aliphatic hydroxyl groups excluding tert-OH is 1. The molecule has 4 nitrogen and oxygen atoms in total. The SMILES string of the molecule is CC(=O)NC(CC1CC(F)CC(F)C1)C(O)CNC1(CCCC(C)(C)C)CC1. The smallest absolute Gasteiger partial charge is 0.217 e. The van der Waals surface area contributed by atoms with Crippen LogP contribution in [0.4, 0.5) is 8.78 Å². The molecule has 0 aromatic rings. The maximum absolute atomic E-state index is 13.7. The Hall–Kier alpha value is -0.750. The summed E-state index contributed by atoms with van der Waals surface area (Å²) >= 11 is 0. The summed E-state index contributed by atoms with van der Waals surface area (Å²) in [6.07, 6.45) is 3.65. The highest BCUT2D eigenvalue weighted by atomic mass is 19.1. The molecule has 0 bridgehead atoms. The number of halogens is 2. The normalized spacial score (nSPS) is 29.2. The van der Waals surface area contributed by atoms with Gasteiger partial charge in [-0.25, -0.2) is 8.78 Å². The summed E-state index contributed by atoms with van der Waals surface area (Å²) in [6, 6.07) is -0.474. The highest BCUT2D eigenvalue weighted by Crippen LogP contribution is 2.41. The van der Waals surface area contributed by atoms with Gasteiger partial charge in [0.15, 0.2) is 0 Å². The molecule has 0 aromatic carbocycles. The number of hydrogen-bond acceptors (Lipinski definition) is 3. The number of β-amino-alcohol motifs (C(OH)–C–C–N with tert-alkyl or cyclic N) is 1. The molecule has 4 atom stereocenters. The third-order valence-corrected chi connectivity index (χ3v) is 6.25. The molecule has 1 amide bonds. The highest BCUT2D eigenvalue weighted by molar-refractivity contribution is 5.73. The molecule has 164 valence electrons. The lowest BCUT2D eigenvalue weighted by Gasteiger charge is -2.33. The molecule has 2 aliphatic rings. The van der Waals surface area contributed by atoms with Crippen LogP contribution in [0.25, 0.3) is 0 Å². The molecule has 4 unspecified atom stereocenters. The van der Waals surface area contributed by atoms with Gasteiger partial charge in [-0.3, -0.25) is 4.79 Å². The van der Waals surface area contributed by atoms with Crippen molar-refractivity contribution in [2.24, 2.45) is 11.3 Å². The maximum atomic E-state index is 13.7. The van der Waals surface area contributed by atoms with E-state index in [2.05, 4.69) is 31.4 Å². The summed E-state index contributed by atoms with van der Waals surface area (Å²) in [5.74, 6) is -0.369. The van der Waals surface area contributed by atoms with E-state index in [1.807, 2.05) is 0 Å². The van der Waals surface area contributed by atoms with Crippen molar-refractivity contribution in [3.05, 3.63) is 0 Å². The molecule has 2 rings (SSSR count). The number of aliphatic hydroxyl groups is 1. The number of rotatable bonds is 10. The highest BCUT2D eigenvalue weighted by Gasteiger charge is 2.42. The summed E-state index contributed by atoms with van der Waals surface area (Å²) in [4.78, 5) is 11.6. The first kappa shape index (κ1) is 23.5. The van der Waals surface area contributed by atoms with Gasteiger partial charge in [0.1, 0.15) is 12.3 Å². The number of amides is 1. The molecule has 2 aliphatic carbocycles. The van der Waals surface area contributed by atoms with Gasteiger partial charge < -0.3 is 15.7 Å². The van der Waals surface area contributed by atoms with Crippen molar-refractivity contribution in [1.29, 1.82) is 0 Å². The number of nitrogens with one attached hydrogen (secondary N) is 2. The number of alkyl halides is 2. The minimum absolute atomic E-state index is 0.0253. The fourth-order valence-electron chi connectivity index (χ4n) is 4.50. The van der Waals surface area contributed by atoms with Crippen molar-refractivity contribution >= 4 is 5.91 Å². The fourth-order valence-corrected chi connectivity index (χ4v) is 4.50. The third-order valence-electron chi connectivity index (χ3n) is 6.25. The monoisotopic (exact) mass is 402 g/mol. The predicted molar refractivity (Wildman–Crippen MR) is 109 cm³/mol. The number of carbonyl (C=O) groups excluding carboxylic acids is 1. The number of hydrogen-bond donors (Lipinski definition) is 3. The molecule has 0 aliphatic heterocycles. The van der Waals surface area contributed by atoms with Gasteiger partial charge in [0.25, 0.3) is 0 Å². The first-order valence-electron chi connectivity index (χ1n) is 11.0. The zero-order chi connectivity index (χ0) is 20.9. The zero-order valence-corrected chi connectivity index (χ0v) is 18.1. The van der Waals surface area contributed by atoms with E-state index < -0.39 is 24.5 Å². The summed E-state index contributed by atoms with van der Waals surface area (Å²) in [5, 5.41) is 17.0. The lowest BCUT2D eigenvalue weighted by molar-refractivity contribution is -0.120. The molecule has 0 spiro atoms. The minimum atomic E-state index is -1.13. The second-order valence-electron chi connectivity index (χ2n) is 10.5.